The third kappa shape index (κ3) is 6.39. The molecule has 0 saturated heterocycles. The smallest absolute Gasteiger partial charge is 0.287 e. The zero-order valence-corrected chi connectivity index (χ0v) is 20.6. The highest BCUT2D eigenvalue weighted by atomic mass is 35.5. The van der Waals surface area contributed by atoms with Gasteiger partial charge in [0.05, 0.1) is 18.1 Å². The molecule has 1 aromatic heterocycles. The van der Waals surface area contributed by atoms with Crippen molar-refractivity contribution in [2.75, 3.05) is 20.2 Å². The lowest BCUT2D eigenvalue weighted by atomic mass is 10.0. The Hall–Kier alpha value is -3.39. The number of methoxy groups -OCH3 is 1. The summed E-state index contributed by atoms with van der Waals surface area (Å²) in [5.74, 6) is 0.943. The predicted octanol–water partition coefficient (Wildman–Crippen LogP) is 3.98. The summed E-state index contributed by atoms with van der Waals surface area (Å²) >= 11 is 0. The monoisotopic (exact) mass is 493 g/mol. The van der Waals surface area contributed by atoms with Crippen LogP contribution in [0, 0.1) is 0 Å². The molecule has 8 heteroatoms. The minimum atomic E-state index is -0.235. The van der Waals surface area contributed by atoms with Crippen molar-refractivity contribution in [2.45, 2.75) is 25.4 Å². The Morgan fingerprint density at radius 1 is 1.06 bits per heavy atom. The zero-order chi connectivity index (χ0) is 23.9. The van der Waals surface area contributed by atoms with E-state index in [1.54, 1.807) is 7.11 Å². The van der Waals surface area contributed by atoms with E-state index in [-0.39, 0.29) is 24.4 Å². The lowest BCUT2D eigenvalue weighted by Crippen LogP contribution is -2.38. The molecule has 0 aliphatic rings. The number of hydrogen-bond acceptors (Lipinski definition) is 5. The van der Waals surface area contributed by atoms with Gasteiger partial charge >= 0.3 is 0 Å². The van der Waals surface area contributed by atoms with Crippen molar-refractivity contribution in [3.63, 3.8) is 0 Å². The van der Waals surface area contributed by atoms with Crippen LogP contribution >= 0.6 is 12.4 Å². The van der Waals surface area contributed by atoms with Gasteiger partial charge in [0.1, 0.15) is 5.75 Å². The summed E-state index contributed by atoms with van der Waals surface area (Å²) in [4.78, 5) is 17.9. The van der Waals surface area contributed by atoms with Crippen LogP contribution in [-0.2, 0) is 6.54 Å². The van der Waals surface area contributed by atoms with Crippen LogP contribution < -0.4 is 21.5 Å². The minimum absolute atomic E-state index is 0. The van der Waals surface area contributed by atoms with Gasteiger partial charge in [0.2, 0.25) is 0 Å². The fraction of sp³-hybridized carbons (Fsp3) is 0.259. The van der Waals surface area contributed by atoms with Crippen LogP contribution in [0.3, 0.4) is 0 Å². The number of ether oxygens (including phenoxy) is 1. The van der Waals surface area contributed by atoms with Gasteiger partial charge in [-0.05, 0) is 60.3 Å². The van der Waals surface area contributed by atoms with E-state index in [2.05, 4.69) is 11.4 Å². The van der Waals surface area contributed by atoms with E-state index in [1.165, 1.54) is 0 Å². The topological polar surface area (TPSA) is 108 Å². The Labute approximate surface area is 211 Å². The van der Waals surface area contributed by atoms with Crippen LogP contribution in [0.1, 0.15) is 29.0 Å². The maximum atomic E-state index is 13.1. The number of imidazole rings is 1. The Bertz CT molecular complexity index is 1240. The van der Waals surface area contributed by atoms with Gasteiger partial charge in [-0.2, -0.15) is 0 Å². The van der Waals surface area contributed by atoms with Gasteiger partial charge in [-0.1, -0.05) is 48.5 Å². The molecule has 0 fully saturated rings. The number of fused-ring (bicyclic) bond motifs is 1. The standard InChI is InChI=1S/C27H31N5O2.ClH/c1-34-23-12-9-20(10-13-23)21-11-14-25-24(16-21)31-26(27(33)30-17-22(29)8-5-15-28)32(25)18-19-6-3-2-4-7-19;/h2-4,6-7,9-14,16,22H,5,8,15,17-18,28-29H2,1H3,(H,30,33);1H. The first kappa shape index (κ1) is 26.2. The zero-order valence-electron chi connectivity index (χ0n) is 19.8. The number of nitrogens with one attached hydrogen (secondary N) is 1. The molecule has 35 heavy (non-hydrogen) atoms. The summed E-state index contributed by atoms with van der Waals surface area (Å²) < 4.78 is 7.22. The molecule has 184 valence electrons. The summed E-state index contributed by atoms with van der Waals surface area (Å²) in [7, 11) is 1.65. The van der Waals surface area contributed by atoms with Crippen LogP contribution in [-0.4, -0.2) is 41.7 Å². The van der Waals surface area contributed by atoms with Crippen molar-refractivity contribution >= 4 is 29.3 Å². The summed E-state index contributed by atoms with van der Waals surface area (Å²) in [5.41, 5.74) is 16.5. The van der Waals surface area contributed by atoms with E-state index >= 15 is 0 Å². The van der Waals surface area contributed by atoms with Crippen LogP contribution in [0.15, 0.2) is 72.8 Å². The quantitative estimate of drug-likeness (QED) is 0.309. The average Bonchev–Trinajstić information content (AvgIpc) is 3.24. The second kappa shape index (κ2) is 12.4. The molecule has 1 unspecified atom stereocenters. The number of amides is 1. The molecule has 0 aliphatic heterocycles. The SMILES string of the molecule is COc1ccc(-c2ccc3c(c2)nc(C(=O)NCC(N)CCCN)n3Cc2ccccc2)cc1.Cl. The Kier molecular flexibility index (Phi) is 9.25. The number of nitrogens with two attached hydrogens (primary N) is 2. The fourth-order valence-corrected chi connectivity index (χ4v) is 3.98. The van der Waals surface area contributed by atoms with Crippen molar-refractivity contribution in [1.82, 2.24) is 14.9 Å². The molecular formula is C27H32ClN5O2. The summed E-state index contributed by atoms with van der Waals surface area (Å²) in [6, 6.07) is 23.9. The van der Waals surface area contributed by atoms with Crippen LogP contribution in [0.25, 0.3) is 22.2 Å². The third-order valence-electron chi connectivity index (χ3n) is 5.86. The second-order valence-corrected chi connectivity index (χ2v) is 8.34. The highest BCUT2D eigenvalue weighted by molar-refractivity contribution is 5.95. The van der Waals surface area contributed by atoms with Gasteiger partial charge < -0.3 is 26.1 Å². The van der Waals surface area contributed by atoms with E-state index in [9.17, 15) is 4.79 Å². The van der Waals surface area contributed by atoms with Gasteiger partial charge in [-0.15, -0.1) is 12.4 Å². The average molecular weight is 494 g/mol. The minimum Gasteiger partial charge on any atom is -0.497 e. The van der Waals surface area contributed by atoms with Crippen molar-refractivity contribution in [1.29, 1.82) is 0 Å². The number of hydrogen-bond donors (Lipinski definition) is 3. The number of aromatic nitrogens is 2. The van der Waals surface area contributed by atoms with Gasteiger partial charge in [0.15, 0.2) is 5.82 Å². The largest absolute Gasteiger partial charge is 0.497 e. The first-order chi connectivity index (χ1) is 16.6. The van der Waals surface area contributed by atoms with Gasteiger partial charge in [0, 0.05) is 19.1 Å². The van der Waals surface area contributed by atoms with E-state index in [0.29, 0.717) is 25.5 Å². The molecule has 1 atom stereocenters. The van der Waals surface area contributed by atoms with Crippen LogP contribution in [0.4, 0.5) is 0 Å². The van der Waals surface area contributed by atoms with Gasteiger partial charge in [-0.25, -0.2) is 4.98 Å². The molecule has 3 aromatic carbocycles. The van der Waals surface area contributed by atoms with Crippen LogP contribution in [0.2, 0.25) is 0 Å². The number of rotatable bonds is 10. The molecule has 0 saturated carbocycles. The van der Waals surface area contributed by atoms with E-state index in [4.69, 9.17) is 21.2 Å². The lowest BCUT2D eigenvalue weighted by Gasteiger charge is -2.13. The van der Waals surface area contributed by atoms with E-state index < -0.39 is 0 Å². The molecule has 0 spiro atoms. The van der Waals surface area contributed by atoms with Gasteiger partial charge in [0.25, 0.3) is 5.91 Å². The maximum Gasteiger partial charge on any atom is 0.287 e. The van der Waals surface area contributed by atoms with E-state index in [1.807, 2.05) is 71.3 Å². The molecule has 0 radical (unpaired) electrons. The molecule has 1 amide bonds. The molecule has 7 nitrogen and oxygen atoms in total. The van der Waals surface area contributed by atoms with Gasteiger partial charge in [-0.3, -0.25) is 4.79 Å². The predicted molar refractivity (Wildman–Crippen MR) is 143 cm³/mol. The highest BCUT2D eigenvalue weighted by Gasteiger charge is 2.19. The maximum absolute atomic E-state index is 13.1. The summed E-state index contributed by atoms with van der Waals surface area (Å²) in [6.07, 6.45) is 1.60. The Morgan fingerprint density at radius 3 is 2.46 bits per heavy atom. The third-order valence-corrected chi connectivity index (χ3v) is 5.86. The van der Waals surface area contributed by atoms with Crippen molar-refractivity contribution in [3.05, 3.63) is 84.2 Å². The summed E-state index contributed by atoms with van der Waals surface area (Å²) in [5, 5.41) is 2.95. The van der Waals surface area contributed by atoms with Crippen LogP contribution in [0.5, 0.6) is 5.75 Å². The number of carbonyl (C=O) groups is 1. The number of halogens is 1. The van der Waals surface area contributed by atoms with Crippen molar-refractivity contribution < 1.29 is 9.53 Å². The first-order valence-corrected chi connectivity index (χ1v) is 11.5. The molecule has 5 N–H and O–H groups in total. The number of carbonyl (C=O) groups excluding carboxylic acids is 1. The lowest BCUT2D eigenvalue weighted by molar-refractivity contribution is 0.0937. The van der Waals surface area contributed by atoms with E-state index in [0.717, 1.165) is 46.3 Å². The van der Waals surface area contributed by atoms with Crippen molar-refractivity contribution in [3.8, 4) is 16.9 Å². The fourth-order valence-electron chi connectivity index (χ4n) is 3.98. The molecule has 0 aliphatic carbocycles. The number of nitrogens with zero attached hydrogens (tertiary/aromatic N) is 2. The van der Waals surface area contributed by atoms with Crippen molar-refractivity contribution in [2.24, 2.45) is 11.5 Å². The molecule has 4 rings (SSSR count). The normalized spacial score (nSPS) is 11.6. The molecule has 1 heterocycles. The first-order valence-electron chi connectivity index (χ1n) is 11.5. The Balaban J connectivity index is 0.00000342. The summed E-state index contributed by atoms with van der Waals surface area (Å²) in [6.45, 7) is 1.51. The molecular weight excluding hydrogens is 462 g/mol. The second-order valence-electron chi connectivity index (χ2n) is 8.34. The highest BCUT2D eigenvalue weighted by Crippen LogP contribution is 2.27. The number of benzene rings is 3. The Morgan fingerprint density at radius 2 is 1.77 bits per heavy atom. The molecule has 4 aromatic rings. The molecule has 0 bridgehead atoms.